The van der Waals surface area contributed by atoms with Crippen molar-refractivity contribution in [3.05, 3.63) is 76.8 Å². The number of hydrogen-bond acceptors (Lipinski definition) is 2. The van der Waals surface area contributed by atoms with Gasteiger partial charge in [-0.15, -0.1) is 0 Å². The van der Waals surface area contributed by atoms with Crippen LogP contribution in [0.1, 0.15) is 31.3 Å². The van der Waals surface area contributed by atoms with E-state index in [1.54, 1.807) is 19.1 Å². The molecule has 1 atom stereocenters. The van der Waals surface area contributed by atoms with Gasteiger partial charge in [-0.25, -0.2) is 9.37 Å². The third kappa shape index (κ3) is 3.48. The number of benzene rings is 2. The molecule has 3 rings (SSSR count). The van der Waals surface area contributed by atoms with Gasteiger partial charge in [0, 0.05) is 16.2 Å². The van der Waals surface area contributed by atoms with E-state index in [1.807, 2.05) is 35.8 Å². The molecule has 134 valence electrons. The Morgan fingerprint density at radius 3 is 2.73 bits per heavy atom. The van der Waals surface area contributed by atoms with Crippen LogP contribution < -0.4 is 5.32 Å². The Labute approximate surface area is 156 Å². The molecule has 0 aliphatic carbocycles. The van der Waals surface area contributed by atoms with Gasteiger partial charge in [0.1, 0.15) is 11.6 Å². The SMILES string of the molecule is C=C(C)C(=O)NC(C)c1nc2ccccc2n1Cc1c(F)cccc1Cl. The smallest absolute Gasteiger partial charge is 0.246 e. The third-order valence-electron chi connectivity index (χ3n) is 4.18. The lowest BCUT2D eigenvalue weighted by Crippen LogP contribution is -2.29. The molecule has 6 heteroatoms. The number of carbonyl (C=O) groups is 1. The van der Waals surface area contributed by atoms with Gasteiger partial charge in [-0.3, -0.25) is 4.79 Å². The molecule has 0 saturated heterocycles. The summed E-state index contributed by atoms with van der Waals surface area (Å²) in [4.78, 5) is 16.6. The second-order valence-electron chi connectivity index (χ2n) is 6.22. The standard InChI is InChI=1S/C20H19ClFN3O/c1-12(2)20(26)23-13(3)19-24-17-9-4-5-10-18(17)25(19)11-14-15(21)7-6-8-16(14)22/h4-10,13H,1,11H2,2-3H3,(H,23,26). The fourth-order valence-corrected chi connectivity index (χ4v) is 3.04. The minimum Gasteiger partial charge on any atom is -0.343 e. The number of fused-ring (bicyclic) bond motifs is 1. The fraction of sp³-hybridized carbons (Fsp3) is 0.200. The van der Waals surface area contributed by atoms with Gasteiger partial charge in [0.05, 0.1) is 23.6 Å². The zero-order chi connectivity index (χ0) is 18.8. The summed E-state index contributed by atoms with van der Waals surface area (Å²) in [5, 5.41) is 3.22. The van der Waals surface area contributed by atoms with Crippen molar-refractivity contribution in [2.24, 2.45) is 0 Å². The Morgan fingerprint density at radius 1 is 1.31 bits per heavy atom. The topological polar surface area (TPSA) is 46.9 Å². The number of halogens is 2. The highest BCUT2D eigenvalue weighted by atomic mass is 35.5. The number of para-hydroxylation sites is 2. The van der Waals surface area contributed by atoms with Crippen LogP contribution in [-0.2, 0) is 11.3 Å². The zero-order valence-corrected chi connectivity index (χ0v) is 15.3. The molecular formula is C20H19ClFN3O. The Bertz CT molecular complexity index is 976. The molecule has 0 bridgehead atoms. The van der Waals surface area contributed by atoms with Crippen molar-refractivity contribution in [2.75, 3.05) is 0 Å². The maximum Gasteiger partial charge on any atom is 0.246 e. The summed E-state index contributed by atoms with van der Waals surface area (Å²) in [6, 6.07) is 11.8. The van der Waals surface area contributed by atoms with Crippen molar-refractivity contribution in [1.82, 2.24) is 14.9 Å². The van der Waals surface area contributed by atoms with Gasteiger partial charge in [-0.1, -0.05) is 36.4 Å². The second-order valence-corrected chi connectivity index (χ2v) is 6.63. The van der Waals surface area contributed by atoms with E-state index in [-0.39, 0.29) is 24.3 Å². The molecule has 4 nitrogen and oxygen atoms in total. The zero-order valence-electron chi connectivity index (χ0n) is 14.6. The molecule has 3 aromatic rings. The van der Waals surface area contributed by atoms with Gasteiger partial charge in [-0.2, -0.15) is 0 Å². The Kier molecular flexibility index (Phi) is 5.09. The van der Waals surface area contributed by atoms with Crippen LogP contribution in [0, 0.1) is 5.82 Å². The first-order valence-electron chi connectivity index (χ1n) is 8.23. The van der Waals surface area contributed by atoms with Crippen molar-refractivity contribution in [2.45, 2.75) is 26.4 Å². The molecule has 1 heterocycles. The van der Waals surface area contributed by atoms with E-state index in [2.05, 4.69) is 16.9 Å². The van der Waals surface area contributed by atoms with Crippen LogP contribution in [0.3, 0.4) is 0 Å². The Balaban J connectivity index is 2.08. The largest absolute Gasteiger partial charge is 0.343 e. The molecule has 1 amide bonds. The lowest BCUT2D eigenvalue weighted by atomic mass is 10.2. The number of nitrogens with one attached hydrogen (secondary N) is 1. The lowest BCUT2D eigenvalue weighted by molar-refractivity contribution is -0.118. The molecule has 0 aliphatic rings. The van der Waals surface area contributed by atoms with Gasteiger partial charge in [0.15, 0.2) is 0 Å². The van der Waals surface area contributed by atoms with Crippen LogP contribution >= 0.6 is 11.6 Å². The Hall–Kier alpha value is -2.66. The van der Waals surface area contributed by atoms with Crippen molar-refractivity contribution < 1.29 is 9.18 Å². The van der Waals surface area contributed by atoms with Crippen molar-refractivity contribution in [3.63, 3.8) is 0 Å². The number of rotatable bonds is 5. The molecule has 0 saturated carbocycles. The fourth-order valence-electron chi connectivity index (χ4n) is 2.82. The van der Waals surface area contributed by atoms with Crippen LogP contribution in [0.15, 0.2) is 54.6 Å². The lowest BCUT2D eigenvalue weighted by Gasteiger charge is -2.17. The predicted molar refractivity (Wildman–Crippen MR) is 102 cm³/mol. The maximum atomic E-state index is 14.3. The van der Waals surface area contributed by atoms with E-state index in [4.69, 9.17) is 11.6 Å². The number of carbonyl (C=O) groups excluding carboxylic acids is 1. The monoisotopic (exact) mass is 371 g/mol. The highest BCUT2D eigenvalue weighted by molar-refractivity contribution is 6.31. The summed E-state index contributed by atoms with van der Waals surface area (Å²) in [6.45, 7) is 7.35. The number of aromatic nitrogens is 2. The molecule has 1 unspecified atom stereocenters. The molecule has 0 fully saturated rings. The average molecular weight is 372 g/mol. The molecule has 0 spiro atoms. The van der Waals surface area contributed by atoms with Gasteiger partial charge in [-0.05, 0) is 38.1 Å². The summed E-state index contributed by atoms with van der Waals surface area (Å²) >= 11 is 6.20. The number of imidazole rings is 1. The summed E-state index contributed by atoms with van der Waals surface area (Å²) in [5.41, 5.74) is 2.42. The summed E-state index contributed by atoms with van der Waals surface area (Å²) < 4.78 is 16.2. The molecule has 0 aliphatic heterocycles. The van der Waals surface area contributed by atoms with E-state index in [1.165, 1.54) is 6.07 Å². The number of hydrogen-bond donors (Lipinski definition) is 1. The summed E-state index contributed by atoms with van der Waals surface area (Å²) in [6.07, 6.45) is 0. The van der Waals surface area contributed by atoms with E-state index in [0.29, 0.717) is 22.0 Å². The van der Waals surface area contributed by atoms with Gasteiger partial charge in [0.2, 0.25) is 5.91 Å². The number of nitrogens with zero attached hydrogens (tertiary/aromatic N) is 2. The van der Waals surface area contributed by atoms with Crippen molar-refractivity contribution in [3.8, 4) is 0 Å². The van der Waals surface area contributed by atoms with Crippen LogP contribution in [0.5, 0.6) is 0 Å². The number of amides is 1. The minimum absolute atomic E-state index is 0.217. The highest BCUT2D eigenvalue weighted by Crippen LogP contribution is 2.26. The first-order valence-corrected chi connectivity index (χ1v) is 8.60. The van der Waals surface area contributed by atoms with E-state index >= 15 is 0 Å². The third-order valence-corrected chi connectivity index (χ3v) is 4.54. The van der Waals surface area contributed by atoms with Crippen molar-refractivity contribution >= 4 is 28.5 Å². The maximum absolute atomic E-state index is 14.3. The van der Waals surface area contributed by atoms with Crippen LogP contribution in [0.4, 0.5) is 4.39 Å². The van der Waals surface area contributed by atoms with E-state index in [0.717, 1.165) is 11.0 Å². The van der Waals surface area contributed by atoms with E-state index < -0.39 is 0 Å². The van der Waals surface area contributed by atoms with Gasteiger partial charge >= 0.3 is 0 Å². The molecule has 26 heavy (non-hydrogen) atoms. The highest BCUT2D eigenvalue weighted by Gasteiger charge is 2.20. The van der Waals surface area contributed by atoms with Crippen LogP contribution in [0.2, 0.25) is 5.02 Å². The molecule has 1 aromatic heterocycles. The first kappa shape index (κ1) is 18.1. The average Bonchev–Trinajstić information content (AvgIpc) is 2.97. The van der Waals surface area contributed by atoms with Gasteiger partial charge < -0.3 is 9.88 Å². The van der Waals surface area contributed by atoms with Crippen molar-refractivity contribution in [1.29, 1.82) is 0 Å². The second kappa shape index (κ2) is 7.30. The quantitative estimate of drug-likeness (QED) is 0.664. The van der Waals surface area contributed by atoms with Crippen LogP contribution in [0.25, 0.3) is 11.0 Å². The first-order chi connectivity index (χ1) is 12.4. The van der Waals surface area contributed by atoms with E-state index in [9.17, 15) is 9.18 Å². The minimum atomic E-state index is -0.378. The van der Waals surface area contributed by atoms with Gasteiger partial charge in [0.25, 0.3) is 0 Å². The summed E-state index contributed by atoms with van der Waals surface area (Å²) in [5.74, 6) is 0.00000523. The molecule has 1 N–H and O–H groups in total. The molecule has 2 aromatic carbocycles. The molecular weight excluding hydrogens is 353 g/mol. The summed E-state index contributed by atoms with van der Waals surface area (Å²) in [7, 11) is 0. The van der Waals surface area contributed by atoms with Crippen LogP contribution in [-0.4, -0.2) is 15.5 Å². The Morgan fingerprint density at radius 2 is 2.04 bits per heavy atom. The normalized spacial score (nSPS) is 12.2. The predicted octanol–water partition coefficient (Wildman–Crippen LogP) is 4.63. The molecule has 0 radical (unpaired) electrons.